The third kappa shape index (κ3) is 4.53. The van der Waals surface area contributed by atoms with E-state index in [0.717, 1.165) is 6.26 Å². The van der Waals surface area contributed by atoms with E-state index in [1.165, 1.54) is 6.07 Å². The van der Waals surface area contributed by atoms with Crippen molar-refractivity contribution in [2.24, 2.45) is 5.84 Å². The Bertz CT molecular complexity index is 508. The maximum Gasteiger partial charge on any atom is 0.147 e. The van der Waals surface area contributed by atoms with E-state index in [2.05, 4.69) is 5.43 Å². The van der Waals surface area contributed by atoms with Crippen LogP contribution in [0.5, 0.6) is 0 Å². The normalized spacial score (nSPS) is 13.6. The molecule has 1 rings (SSSR count). The van der Waals surface area contributed by atoms with Crippen molar-refractivity contribution < 1.29 is 12.8 Å². The molecule has 1 atom stereocenters. The molecule has 0 heterocycles. The maximum absolute atomic E-state index is 13.8. The fraction of sp³-hybridized carbons (Fsp3) is 0.455. The summed E-state index contributed by atoms with van der Waals surface area (Å²) >= 11 is 5.68. The maximum atomic E-state index is 13.8. The minimum Gasteiger partial charge on any atom is -0.271 e. The van der Waals surface area contributed by atoms with Gasteiger partial charge in [-0.05, 0) is 18.9 Å². The van der Waals surface area contributed by atoms with Gasteiger partial charge in [0.1, 0.15) is 15.7 Å². The van der Waals surface area contributed by atoms with Gasteiger partial charge in [-0.25, -0.2) is 12.8 Å². The second kappa shape index (κ2) is 6.47. The number of halogens is 2. The lowest BCUT2D eigenvalue weighted by atomic mass is 10.0. The molecule has 0 radical (unpaired) electrons. The average molecular weight is 295 g/mol. The molecule has 1 aromatic carbocycles. The lowest BCUT2D eigenvalue weighted by molar-refractivity contribution is 0.480. The Hall–Kier alpha value is -0.690. The summed E-state index contributed by atoms with van der Waals surface area (Å²) < 4.78 is 35.8. The van der Waals surface area contributed by atoms with Crippen LogP contribution in [0.3, 0.4) is 0 Å². The summed E-state index contributed by atoms with van der Waals surface area (Å²) in [4.78, 5) is 0. The number of hydrazine groups is 1. The molecule has 0 saturated carbocycles. The molecule has 0 saturated heterocycles. The van der Waals surface area contributed by atoms with Gasteiger partial charge in [0.2, 0.25) is 0 Å². The molecule has 1 aromatic rings. The third-order valence-corrected chi connectivity index (χ3v) is 3.89. The zero-order valence-corrected chi connectivity index (χ0v) is 11.6. The lowest BCUT2D eigenvalue weighted by Gasteiger charge is -2.17. The van der Waals surface area contributed by atoms with Crippen molar-refractivity contribution in [2.75, 3.05) is 12.0 Å². The zero-order valence-electron chi connectivity index (χ0n) is 9.99. The highest BCUT2D eigenvalue weighted by atomic mass is 35.5. The van der Waals surface area contributed by atoms with Crippen molar-refractivity contribution >= 4 is 21.4 Å². The second-order valence-electron chi connectivity index (χ2n) is 4.13. The monoisotopic (exact) mass is 294 g/mol. The number of rotatable bonds is 6. The first kappa shape index (κ1) is 15.4. The van der Waals surface area contributed by atoms with E-state index in [-0.39, 0.29) is 10.8 Å². The van der Waals surface area contributed by atoms with Crippen LogP contribution >= 0.6 is 11.6 Å². The summed E-state index contributed by atoms with van der Waals surface area (Å²) in [5, 5.41) is 0.0239. The molecule has 0 aliphatic carbocycles. The molecule has 3 N–H and O–H groups in total. The Morgan fingerprint density at radius 2 is 2.17 bits per heavy atom. The second-order valence-corrected chi connectivity index (χ2v) is 6.80. The number of nitrogens with one attached hydrogen (secondary N) is 1. The van der Waals surface area contributed by atoms with E-state index >= 15 is 0 Å². The van der Waals surface area contributed by atoms with Crippen molar-refractivity contribution in [3.05, 3.63) is 34.6 Å². The topological polar surface area (TPSA) is 72.2 Å². The third-order valence-electron chi connectivity index (χ3n) is 2.57. The van der Waals surface area contributed by atoms with Crippen LogP contribution in [-0.2, 0) is 9.84 Å². The summed E-state index contributed by atoms with van der Waals surface area (Å²) in [6.45, 7) is 0. The smallest absolute Gasteiger partial charge is 0.147 e. The zero-order chi connectivity index (χ0) is 13.8. The standard InChI is InChI=1S/C11H16ClFN2O2S/c1-18(16,17)7-3-6-10(15-14)8-4-2-5-9(12)11(8)13/h2,4-5,10,15H,3,6-7,14H2,1H3. The van der Waals surface area contributed by atoms with Gasteiger partial charge in [0.15, 0.2) is 0 Å². The predicted octanol–water partition coefficient (Wildman–Crippen LogP) is 1.81. The van der Waals surface area contributed by atoms with Crippen LogP contribution in [0.4, 0.5) is 4.39 Å². The summed E-state index contributed by atoms with van der Waals surface area (Å²) in [6, 6.07) is 4.20. The van der Waals surface area contributed by atoms with Gasteiger partial charge >= 0.3 is 0 Å². The molecule has 7 heteroatoms. The number of hydrogen-bond donors (Lipinski definition) is 2. The molecule has 18 heavy (non-hydrogen) atoms. The van der Waals surface area contributed by atoms with E-state index in [9.17, 15) is 12.8 Å². The van der Waals surface area contributed by atoms with Crippen molar-refractivity contribution in [2.45, 2.75) is 18.9 Å². The molecule has 0 aliphatic rings. The van der Waals surface area contributed by atoms with Gasteiger partial charge in [-0.15, -0.1) is 0 Å². The molecule has 0 bridgehead atoms. The SMILES string of the molecule is CS(=O)(=O)CCCC(NN)c1cccc(Cl)c1F. The molecular weight excluding hydrogens is 279 g/mol. The van der Waals surface area contributed by atoms with E-state index in [1.54, 1.807) is 12.1 Å². The van der Waals surface area contributed by atoms with Crippen molar-refractivity contribution in [3.63, 3.8) is 0 Å². The molecule has 0 aromatic heterocycles. The Morgan fingerprint density at radius 1 is 1.50 bits per heavy atom. The van der Waals surface area contributed by atoms with Crippen LogP contribution < -0.4 is 11.3 Å². The molecule has 1 unspecified atom stereocenters. The molecule has 4 nitrogen and oxygen atoms in total. The van der Waals surface area contributed by atoms with Crippen molar-refractivity contribution in [1.82, 2.24) is 5.43 Å². The molecule has 102 valence electrons. The first-order valence-corrected chi connectivity index (χ1v) is 7.86. The number of benzene rings is 1. The largest absolute Gasteiger partial charge is 0.271 e. The average Bonchev–Trinajstić information content (AvgIpc) is 2.27. The van der Waals surface area contributed by atoms with E-state index in [1.807, 2.05) is 0 Å². The first-order valence-electron chi connectivity index (χ1n) is 5.43. The van der Waals surface area contributed by atoms with E-state index in [4.69, 9.17) is 17.4 Å². The van der Waals surface area contributed by atoms with Crippen LogP contribution in [0.15, 0.2) is 18.2 Å². The highest BCUT2D eigenvalue weighted by molar-refractivity contribution is 7.90. The molecule has 0 amide bonds. The lowest BCUT2D eigenvalue weighted by Crippen LogP contribution is -2.29. The van der Waals surface area contributed by atoms with Gasteiger partial charge in [-0.3, -0.25) is 11.3 Å². The van der Waals surface area contributed by atoms with Gasteiger partial charge in [-0.2, -0.15) is 0 Å². The summed E-state index contributed by atoms with van der Waals surface area (Å²) in [7, 11) is -3.02. The van der Waals surface area contributed by atoms with Crippen LogP contribution in [0.2, 0.25) is 5.02 Å². The van der Waals surface area contributed by atoms with Crippen LogP contribution in [0, 0.1) is 5.82 Å². The predicted molar refractivity (Wildman–Crippen MR) is 70.4 cm³/mol. The summed E-state index contributed by atoms with van der Waals surface area (Å²) in [5.41, 5.74) is 2.83. The molecule has 0 spiro atoms. The molecular formula is C11H16ClFN2O2S. The minimum absolute atomic E-state index is 0.0239. The fourth-order valence-electron chi connectivity index (χ4n) is 1.67. The highest BCUT2D eigenvalue weighted by Crippen LogP contribution is 2.25. The van der Waals surface area contributed by atoms with Gasteiger partial charge in [0.05, 0.1) is 5.02 Å². The Morgan fingerprint density at radius 3 is 2.72 bits per heavy atom. The van der Waals surface area contributed by atoms with Gasteiger partial charge in [0.25, 0.3) is 0 Å². The Labute approximate surface area is 111 Å². The fourth-order valence-corrected chi connectivity index (χ4v) is 2.54. The van der Waals surface area contributed by atoms with Crippen molar-refractivity contribution in [3.8, 4) is 0 Å². The van der Waals surface area contributed by atoms with Crippen molar-refractivity contribution in [1.29, 1.82) is 0 Å². The van der Waals surface area contributed by atoms with Gasteiger partial charge in [0, 0.05) is 23.6 Å². The van der Waals surface area contributed by atoms with Crippen LogP contribution in [-0.4, -0.2) is 20.4 Å². The van der Waals surface area contributed by atoms with Gasteiger partial charge in [-0.1, -0.05) is 23.7 Å². The summed E-state index contributed by atoms with van der Waals surface area (Å²) in [6.07, 6.45) is 1.98. The van der Waals surface area contributed by atoms with Crippen LogP contribution in [0.1, 0.15) is 24.4 Å². The number of hydrogen-bond acceptors (Lipinski definition) is 4. The Kier molecular flexibility index (Phi) is 5.52. The molecule has 0 aliphatic heterocycles. The Balaban J connectivity index is 2.75. The first-order chi connectivity index (χ1) is 8.35. The highest BCUT2D eigenvalue weighted by Gasteiger charge is 2.16. The summed E-state index contributed by atoms with van der Waals surface area (Å²) in [5.74, 6) is 4.89. The van der Waals surface area contributed by atoms with E-state index in [0.29, 0.717) is 18.4 Å². The number of nitrogens with two attached hydrogens (primary N) is 1. The van der Waals surface area contributed by atoms with E-state index < -0.39 is 21.7 Å². The quantitative estimate of drug-likeness (QED) is 0.620. The number of sulfone groups is 1. The molecule has 0 fully saturated rings. The minimum atomic E-state index is -3.02. The van der Waals surface area contributed by atoms with Crippen LogP contribution in [0.25, 0.3) is 0 Å². The van der Waals surface area contributed by atoms with Gasteiger partial charge < -0.3 is 0 Å².